The molecule has 3 aliphatic rings. The van der Waals surface area contributed by atoms with Gasteiger partial charge in [0.25, 0.3) is 0 Å². The summed E-state index contributed by atoms with van der Waals surface area (Å²) in [4.78, 5) is 26.6. The summed E-state index contributed by atoms with van der Waals surface area (Å²) < 4.78 is 25.3. The van der Waals surface area contributed by atoms with Gasteiger partial charge in [0, 0.05) is 17.9 Å². The molecule has 1 aliphatic carbocycles. The predicted octanol–water partition coefficient (Wildman–Crippen LogP) is 2.80. The lowest BCUT2D eigenvalue weighted by Crippen LogP contribution is -2.48. The van der Waals surface area contributed by atoms with Crippen LogP contribution >= 0.6 is 11.8 Å². The monoisotopic (exact) mass is 408 g/mol. The van der Waals surface area contributed by atoms with Crippen molar-refractivity contribution in [3.05, 3.63) is 24.3 Å². The molecule has 6 nitrogen and oxygen atoms in total. The number of sulfone groups is 1. The normalized spacial score (nSPS) is 28.6. The lowest BCUT2D eigenvalue weighted by Gasteiger charge is -2.29. The standard InChI is InChI=1S/C19H24N2O4S2/c1-19-11-10-17(22)21(19)16(12-26-19)18(23)20-13-6-8-15(9-7-13)27(24,25)14-4-2-3-5-14/h6-9,14,16H,2-5,10-12H2,1H3,(H,20,23)/t16-,19-/m0/s1. The van der Waals surface area contributed by atoms with Crippen LogP contribution in [0, 0.1) is 0 Å². The number of hydrogen-bond acceptors (Lipinski definition) is 5. The second-order valence-corrected chi connectivity index (χ2v) is 11.5. The van der Waals surface area contributed by atoms with E-state index in [0.717, 1.165) is 32.1 Å². The average Bonchev–Trinajstić information content (AvgIpc) is 3.34. The minimum atomic E-state index is -3.30. The first-order valence-electron chi connectivity index (χ1n) is 9.42. The van der Waals surface area contributed by atoms with Crippen LogP contribution in [0.4, 0.5) is 5.69 Å². The molecule has 2 amide bonds. The Kier molecular flexibility index (Phi) is 4.74. The van der Waals surface area contributed by atoms with E-state index in [1.165, 1.54) is 0 Å². The Labute approximate surface area is 164 Å². The smallest absolute Gasteiger partial charge is 0.248 e. The molecule has 0 aromatic heterocycles. The highest BCUT2D eigenvalue weighted by molar-refractivity contribution is 8.01. The fraction of sp³-hybridized carbons (Fsp3) is 0.579. The molecular formula is C19H24N2O4S2. The number of hydrogen-bond donors (Lipinski definition) is 1. The van der Waals surface area contributed by atoms with Gasteiger partial charge in [0.1, 0.15) is 6.04 Å². The third-order valence-corrected chi connectivity index (χ3v) is 9.72. The molecule has 146 valence electrons. The number of fused-ring (bicyclic) bond motifs is 1. The van der Waals surface area contributed by atoms with Gasteiger partial charge < -0.3 is 10.2 Å². The lowest BCUT2D eigenvalue weighted by atomic mass is 10.2. The molecule has 1 saturated carbocycles. The summed E-state index contributed by atoms with van der Waals surface area (Å²) in [6.07, 6.45) is 4.64. The first-order chi connectivity index (χ1) is 12.8. The van der Waals surface area contributed by atoms with E-state index in [9.17, 15) is 18.0 Å². The van der Waals surface area contributed by atoms with Gasteiger partial charge in [-0.3, -0.25) is 9.59 Å². The van der Waals surface area contributed by atoms with Gasteiger partial charge in [-0.2, -0.15) is 0 Å². The second kappa shape index (κ2) is 6.81. The minimum Gasteiger partial charge on any atom is -0.324 e. The van der Waals surface area contributed by atoms with Crippen molar-refractivity contribution in [2.24, 2.45) is 0 Å². The Morgan fingerprint density at radius 2 is 1.89 bits per heavy atom. The maximum atomic E-state index is 12.7. The summed E-state index contributed by atoms with van der Waals surface area (Å²) in [6.45, 7) is 2.01. The SMILES string of the molecule is C[C@]12CCC(=O)N1[C@H](C(=O)Nc1ccc(S(=O)(=O)C3CCCC3)cc1)CS2. The van der Waals surface area contributed by atoms with E-state index < -0.39 is 15.9 Å². The van der Waals surface area contributed by atoms with Crippen LogP contribution in [0.2, 0.25) is 0 Å². The molecule has 1 aromatic carbocycles. The fourth-order valence-corrected chi connectivity index (χ4v) is 7.65. The van der Waals surface area contributed by atoms with Crippen molar-refractivity contribution in [2.45, 2.75) is 66.5 Å². The summed E-state index contributed by atoms with van der Waals surface area (Å²) in [5, 5.41) is 2.56. The van der Waals surface area contributed by atoms with E-state index in [-0.39, 0.29) is 21.9 Å². The molecular weight excluding hydrogens is 384 g/mol. The molecule has 27 heavy (non-hydrogen) atoms. The number of carbonyl (C=O) groups is 2. The fourth-order valence-electron chi connectivity index (χ4n) is 4.36. The average molecular weight is 409 g/mol. The highest BCUT2D eigenvalue weighted by Gasteiger charge is 2.52. The van der Waals surface area contributed by atoms with Crippen LogP contribution in [-0.4, -0.2) is 47.0 Å². The van der Waals surface area contributed by atoms with Gasteiger partial charge in [0.05, 0.1) is 15.0 Å². The van der Waals surface area contributed by atoms with E-state index in [1.54, 1.807) is 40.9 Å². The van der Waals surface area contributed by atoms with E-state index in [4.69, 9.17) is 0 Å². The molecule has 0 radical (unpaired) electrons. The molecule has 0 spiro atoms. The molecule has 8 heteroatoms. The lowest BCUT2D eigenvalue weighted by molar-refractivity contribution is -0.135. The number of nitrogens with one attached hydrogen (secondary N) is 1. The van der Waals surface area contributed by atoms with Crippen LogP contribution < -0.4 is 5.32 Å². The van der Waals surface area contributed by atoms with Gasteiger partial charge in [-0.05, 0) is 50.5 Å². The number of nitrogens with zero attached hydrogens (tertiary/aromatic N) is 1. The highest BCUT2D eigenvalue weighted by Crippen LogP contribution is 2.47. The molecule has 2 heterocycles. The van der Waals surface area contributed by atoms with Crippen molar-refractivity contribution >= 4 is 39.1 Å². The van der Waals surface area contributed by atoms with Gasteiger partial charge in [-0.25, -0.2) is 8.42 Å². The molecule has 4 rings (SSSR count). The molecule has 3 fully saturated rings. The third-order valence-electron chi connectivity index (χ3n) is 5.94. The zero-order valence-corrected chi connectivity index (χ0v) is 16.9. The first-order valence-corrected chi connectivity index (χ1v) is 12.0. The van der Waals surface area contributed by atoms with Gasteiger partial charge in [-0.1, -0.05) is 12.8 Å². The molecule has 2 atom stereocenters. The number of benzene rings is 1. The summed E-state index contributed by atoms with van der Waals surface area (Å²) >= 11 is 1.65. The van der Waals surface area contributed by atoms with Crippen molar-refractivity contribution in [3.8, 4) is 0 Å². The third kappa shape index (κ3) is 3.27. The summed E-state index contributed by atoms with van der Waals surface area (Å²) in [7, 11) is -3.30. The Morgan fingerprint density at radius 3 is 2.56 bits per heavy atom. The van der Waals surface area contributed by atoms with Crippen LogP contribution in [-0.2, 0) is 19.4 Å². The zero-order chi connectivity index (χ0) is 19.2. The molecule has 1 N–H and O–H groups in total. The van der Waals surface area contributed by atoms with Crippen LogP contribution in [0.5, 0.6) is 0 Å². The Hall–Kier alpha value is -1.54. The minimum absolute atomic E-state index is 0.0284. The van der Waals surface area contributed by atoms with E-state index in [2.05, 4.69) is 5.32 Å². The summed E-state index contributed by atoms with van der Waals surface area (Å²) in [6, 6.07) is 5.92. The Balaban J connectivity index is 1.46. The number of rotatable bonds is 4. The summed E-state index contributed by atoms with van der Waals surface area (Å²) in [5.41, 5.74) is 0.552. The van der Waals surface area contributed by atoms with Gasteiger partial charge >= 0.3 is 0 Å². The van der Waals surface area contributed by atoms with Crippen molar-refractivity contribution < 1.29 is 18.0 Å². The van der Waals surface area contributed by atoms with Crippen molar-refractivity contribution in [3.63, 3.8) is 0 Å². The predicted molar refractivity (Wildman–Crippen MR) is 105 cm³/mol. The van der Waals surface area contributed by atoms with Crippen LogP contribution in [0.1, 0.15) is 45.4 Å². The van der Waals surface area contributed by atoms with Crippen molar-refractivity contribution in [1.82, 2.24) is 4.90 Å². The maximum Gasteiger partial charge on any atom is 0.248 e. The topological polar surface area (TPSA) is 83.6 Å². The molecule has 0 bridgehead atoms. The van der Waals surface area contributed by atoms with Gasteiger partial charge in [0.15, 0.2) is 9.84 Å². The molecule has 2 aliphatic heterocycles. The number of thioether (sulfide) groups is 1. The van der Waals surface area contributed by atoms with Gasteiger partial charge in [0.2, 0.25) is 11.8 Å². The molecule has 1 aromatic rings. The number of amides is 2. The molecule has 0 unspecified atom stereocenters. The maximum absolute atomic E-state index is 12.7. The van der Waals surface area contributed by atoms with Crippen molar-refractivity contribution in [2.75, 3.05) is 11.1 Å². The van der Waals surface area contributed by atoms with E-state index >= 15 is 0 Å². The van der Waals surface area contributed by atoms with E-state index in [1.807, 2.05) is 6.92 Å². The number of anilines is 1. The van der Waals surface area contributed by atoms with Crippen LogP contribution in [0.25, 0.3) is 0 Å². The Morgan fingerprint density at radius 1 is 1.22 bits per heavy atom. The second-order valence-electron chi connectivity index (χ2n) is 7.73. The largest absolute Gasteiger partial charge is 0.324 e. The van der Waals surface area contributed by atoms with Crippen LogP contribution in [0.3, 0.4) is 0 Å². The van der Waals surface area contributed by atoms with Crippen molar-refractivity contribution in [1.29, 1.82) is 0 Å². The zero-order valence-electron chi connectivity index (χ0n) is 15.3. The van der Waals surface area contributed by atoms with Gasteiger partial charge in [-0.15, -0.1) is 11.8 Å². The van der Waals surface area contributed by atoms with Crippen LogP contribution in [0.15, 0.2) is 29.2 Å². The highest BCUT2D eigenvalue weighted by atomic mass is 32.2. The molecule has 2 saturated heterocycles. The summed E-state index contributed by atoms with van der Waals surface area (Å²) in [5.74, 6) is 0.399. The number of carbonyl (C=O) groups excluding carboxylic acids is 2. The van der Waals surface area contributed by atoms with E-state index in [0.29, 0.717) is 22.8 Å². The quantitative estimate of drug-likeness (QED) is 0.828. The first kappa shape index (κ1) is 18.8. The Bertz CT molecular complexity index is 862.